The predicted octanol–water partition coefficient (Wildman–Crippen LogP) is -2.09. The van der Waals surface area contributed by atoms with Gasteiger partial charge in [0.15, 0.2) is 0 Å². The summed E-state index contributed by atoms with van der Waals surface area (Å²) in [5.74, 6) is -7.05. The van der Waals surface area contributed by atoms with Gasteiger partial charge in [-0.3, -0.25) is 28.8 Å². The number of nitrogens with one attached hydrogen (secondary N) is 5. The van der Waals surface area contributed by atoms with Gasteiger partial charge in [-0.05, 0) is 49.9 Å². The molecule has 0 aromatic heterocycles. The van der Waals surface area contributed by atoms with Gasteiger partial charge in [-0.1, -0.05) is 42.5 Å². The number of aliphatic hydroxyl groups excluding tert-OH is 1. The number of nitrogens with two attached hydrogens (primary N) is 1. The third-order valence-corrected chi connectivity index (χ3v) is 7.16. The van der Waals surface area contributed by atoms with Crippen molar-refractivity contribution >= 4 is 41.5 Å². The van der Waals surface area contributed by atoms with E-state index in [9.17, 15) is 48.9 Å². The van der Waals surface area contributed by atoms with E-state index >= 15 is 0 Å². The van der Waals surface area contributed by atoms with Crippen LogP contribution in [0.25, 0.3) is 0 Å². The van der Waals surface area contributed by atoms with Crippen molar-refractivity contribution in [2.75, 3.05) is 6.54 Å². The number of carboxylic acids is 2. The Morgan fingerprint density at radius 1 is 0.714 bits per heavy atom. The molecule has 0 heterocycles. The van der Waals surface area contributed by atoms with Gasteiger partial charge < -0.3 is 52.7 Å². The summed E-state index contributed by atoms with van der Waals surface area (Å²) in [7, 11) is 0. The van der Waals surface area contributed by atoms with Crippen molar-refractivity contribution in [3.05, 3.63) is 65.7 Å². The molecule has 0 aliphatic carbocycles. The van der Waals surface area contributed by atoms with Gasteiger partial charge >= 0.3 is 11.9 Å². The maximum Gasteiger partial charge on any atom is 0.326 e. The highest BCUT2D eigenvalue weighted by Crippen LogP contribution is 2.11. The maximum atomic E-state index is 12.9. The summed E-state index contributed by atoms with van der Waals surface area (Å²) in [4.78, 5) is 86.7. The van der Waals surface area contributed by atoms with E-state index in [1.807, 2.05) is 0 Å². The largest absolute Gasteiger partial charge is 0.508 e. The number of phenols is 1. The molecule has 0 fully saturated rings. The van der Waals surface area contributed by atoms with Gasteiger partial charge in [0.1, 0.15) is 29.9 Å². The quantitative estimate of drug-likeness (QED) is 0.0761. The van der Waals surface area contributed by atoms with Gasteiger partial charge in [0.2, 0.25) is 29.5 Å². The average Bonchev–Trinajstić information content (AvgIpc) is 3.04. The Bertz CT molecular complexity index is 1470. The third-order valence-electron chi connectivity index (χ3n) is 7.16. The summed E-state index contributed by atoms with van der Waals surface area (Å²) in [6, 6.07) is 7.75. The first kappa shape index (κ1) is 39.6. The summed E-state index contributed by atoms with van der Waals surface area (Å²) < 4.78 is 0. The van der Waals surface area contributed by atoms with Gasteiger partial charge in [0.25, 0.3) is 0 Å². The van der Waals surface area contributed by atoms with Crippen LogP contribution >= 0.6 is 0 Å². The van der Waals surface area contributed by atoms with Gasteiger partial charge in [-0.25, -0.2) is 4.79 Å². The molecule has 5 amide bonds. The molecular formula is C32H42N6O11. The summed E-state index contributed by atoms with van der Waals surface area (Å²) in [6.45, 7) is 1.74. The van der Waals surface area contributed by atoms with E-state index in [2.05, 4.69) is 26.6 Å². The van der Waals surface area contributed by atoms with E-state index in [4.69, 9.17) is 10.8 Å². The van der Waals surface area contributed by atoms with E-state index in [-0.39, 0.29) is 25.0 Å². The van der Waals surface area contributed by atoms with Crippen LogP contribution in [0.15, 0.2) is 54.6 Å². The summed E-state index contributed by atoms with van der Waals surface area (Å²) in [6.07, 6.45) is -2.37. The van der Waals surface area contributed by atoms with Crippen LogP contribution in [0.1, 0.15) is 37.8 Å². The SMILES string of the molecule is C[C@H](NC(=O)[C@@H](N)Cc1ccc(O)cc1)C(=O)N[C@@H](CCC(=O)O)C(=O)NCC(=O)N[C@H](C(=O)N[C@@H](Cc1ccccc1)C(=O)O)[C@@H](C)O. The molecule has 0 radical (unpaired) electrons. The lowest BCUT2D eigenvalue weighted by Crippen LogP contribution is -2.58. The molecule has 0 saturated carbocycles. The predicted molar refractivity (Wildman–Crippen MR) is 173 cm³/mol. The molecule has 266 valence electrons. The number of benzene rings is 2. The fourth-order valence-corrected chi connectivity index (χ4v) is 4.43. The number of aliphatic hydroxyl groups is 1. The van der Waals surface area contributed by atoms with Crippen LogP contribution in [0, 0.1) is 0 Å². The van der Waals surface area contributed by atoms with Crippen LogP contribution < -0.4 is 32.3 Å². The molecule has 17 nitrogen and oxygen atoms in total. The van der Waals surface area contributed by atoms with Crippen molar-refractivity contribution in [1.82, 2.24) is 26.6 Å². The van der Waals surface area contributed by atoms with E-state index in [1.54, 1.807) is 42.5 Å². The second kappa shape index (κ2) is 19.3. The minimum Gasteiger partial charge on any atom is -0.508 e. The van der Waals surface area contributed by atoms with Crippen LogP contribution in [0.3, 0.4) is 0 Å². The number of carboxylic acid groups (broad SMARTS) is 2. The molecule has 49 heavy (non-hydrogen) atoms. The van der Waals surface area contributed by atoms with E-state index in [1.165, 1.54) is 26.0 Å². The number of carbonyl (C=O) groups excluding carboxylic acids is 5. The normalized spacial score (nSPS) is 14.4. The minimum atomic E-state index is -1.60. The van der Waals surface area contributed by atoms with Crippen molar-refractivity contribution in [3.8, 4) is 5.75 Å². The molecule has 2 aromatic carbocycles. The molecule has 6 atom stereocenters. The van der Waals surface area contributed by atoms with E-state index in [0.717, 1.165) is 0 Å². The standard InChI is InChI=1S/C32H42N6O11/c1-17(35-29(45)22(33)14-20-8-10-21(40)11-9-20)28(44)36-23(12-13-26(42)43)30(46)34-16-25(41)38-27(18(2)39)31(47)37-24(32(48)49)15-19-6-4-3-5-7-19/h3-11,17-18,22-24,27,39-40H,12-16,33H2,1-2H3,(H,34,46)(H,35,45)(H,36,44)(H,37,47)(H,38,41)(H,42,43)(H,48,49)/t17-,18+,22-,23-,24-,27-/m0/s1. The Hall–Kier alpha value is -5.55. The lowest BCUT2D eigenvalue weighted by Gasteiger charge is -2.24. The van der Waals surface area contributed by atoms with Crippen molar-refractivity contribution in [3.63, 3.8) is 0 Å². The molecule has 17 heteroatoms. The topological polar surface area (TPSA) is 287 Å². The second-order valence-electron chi connectivity index (χ2n) is 11.3. The highest BCUT2D eigenvalue weighted by molar-refractivity contribution is 5.95. The molecule has 0 aliphatic heterocycles. The smallest absolute Gasteiger partial charge is 0.326 e. The molecule has 2 rings (SSSR count). The Balaban J connectivity index is 1.97. The molecule has 0 bridgehead atoms. The third kappa shape index (κ3) is 14.0. The highest BCUT2D eigenvalue weighted by atomic mass is 16.4. The fraction of sp³-hybridized carbons (Fsp3) is 0.406. The molecule has 0 spiro atoms. The number of hydrogen-bond acceptors (Lipinski definition) is 10. The van der Waals surface area contributed by atoms with Crippen molar-refractivity contribution in [1.29, 1.82) is 0 Å². The van der Waals surface area contributed by atoms with E-state index in [0.29, 0.717) is 11.1 Å². The van der Waals surface area contributed by atoms with Gasteiger partial charge in [0, 0.05) is 12.8 Å². The number of phenolic OH excluding ortho intramolecular Hbond substituents is 1. The number of carbonyl (C=O) groups is 7. The monoisotopic (exact) mass is 686 g/mol. The molecule has 0 saturated heterocycles. The van der Waals surface area contributed by atoms with E-state index < -0.39 is 90.8 Å². The lowest BCUT2D eigenvalue weighted by molar-refractivity contribution is -0.143. The Labute approximate surface area is 281 Å². The van der Waals surface area contributed by atoms with Crippen LogP contribution in [0.5, 0.6) is 5.75 Å². The molecule has 0 unspecified atom stereocenters. The zero-order valence-electron chi connectivity index (χ0n) is 26.9. The van der Waals surface area contributed by atoms with Crippen LogP contribution in [0.2, 0.25) is 0 Å². The number of aliphatic carboxylic acids is 2. The Morgan fingerprint density at radius 3 is 1.88 bits per heavy atom. The lowest BCUT2D eigenvalue weighted by atomic mass is 10.0. The zero-order valence-corrected chi connectivity index (χ0v) is 26.9. The number of aromatic hydroxyl groups is 1. The van der Waals surface area contributed by atoms with Gasteiger partial charge in [-0.15, -0.1) is 0 Å². The van der Waals surface area contributed by atoms with Crippen molar-refractivity contribution in [2.45, 2.75) is 75.8 Å². The van der Waals surface area contributed by atoms with Crippen LogP contribution in [-0.4, -0.2) is 105 Å². The van der Waals surface area contributed by atoms with Gasteiger partial charge in [0.05, 0.1) is 18.7 Å². The molecular weight excluding hydrogens is 644 g/mol. The van der Waals surface area contributed by atoms with Crippen LogP contribution in [-0.2, 0) is 46.4 Å². The molecule has 11 N–H and O–H groups in total. The Morgan fingerprint density at radius 2 is 1.31 bits per heavy atom. The zero-order chi connectivity index (χ0) is 36.7. The average molecular weight is 687 g/mol. The highest BCUT2D eigenvalue weighted by Gasteiger charge is 2.31. The summed E-state index contributed by atoms with van der Waals surface area (Å²) >= 11 is 0. The number of hydrogen-bond donors (Lipinski definition) is 10. The Kier molecular flexibility index (Phi) is 15.6. The summed E-state index contributed by atoms with van der Waals surface area (Å²) in [5.41, 5.74) is 7.20. The summed E-state index contributed by atoms with van der Waals surface area (Å²) in [5, 5.41) is 49.7. The van der Waals surface area contributed by atoms with Crippen molar-refractivity contribution in [2.24, 2.45) is 5.73 Å². The first-order valence-electron chi connectivity index (χ1n) is 15.3. The number of amides is 5. The fourth-order valence-electron chi connectivity index (χ4n) is 4.43. The molecule has 0 aliphatic rings. The van der Waals surface area contributed by atoms with Crippen LogP contribution in [0.4, 0.5) is 0 Å². The van der Waals surface area contributed by atoms with Gasteiger partial charge in [-0.2, -0.15) is 0 Å². The van der Waals surface area contributed by atoms with Crippen molar-refractivity contribution < 1.29 is 54.0 Å². The minimum absolute atomic E-state index is 0.0337. The number of rotatable bonds is 19. The first-order chi connectivity index (χ1) is 23.1. The second-order valence-corrected chi connectivity index (χ2v) is 11.3. The molecule has 2 aromatic rings. The maximum absolute atomic E-state index is 12.9. The first-order valence-corrected chi connectivity index (χ1v) is 15.3.